The van der Waals surface area contributed by atoms with E-state index in [-0.39, 0.29) is 0 Å². The van der Waals surface area contributed by atoms with Crippen LogP contribution in [-0.4, -0.2) is 19.7 Å². The van der Waals surface area contributed by atoms with E-state index in [0.717, 1.165) is 32.6 Å². The maximum Gasteiger partial charge on any atom is 0.320 e. The molecule has 0 aliphatic carbocycles. The fraction of sp³-hybridized carbons (Fsp3) is 0.0455. The molecule has 0 aliphatic rings. The van der Waals surface area contributed by atoms with Gasteiger partial charge >= 0.3 is 6.01 Å². The van der Waals surface area contributed by atoms with E-state index in [4.69, 9.17) is 9.40 Å². The van der Waals surface area contributed by atoms with Crippen molar-refractivity contribution in [2.75, 3.05) is 5.32 Å². The maximum atomic E-state index is 5.85. The van der Waals surface area contributed by atoms with Crippen LogP contribution in [-0.2, 0) is 6.54 Å². The third-order valence-corrected chi connectivity index (χ3v) is 5.25. The smallest absolute Gasteiger partial charge is 0.320 e. The van der Waals surface area contributed by atoms with E-state index in [1.807, 2.05) is 78.9 Å². The van der Waals surface area contributed by atoms with E-state index in [0.29, 0.717) is 18.5 Å². The molecule has 0 fully saturated rings. The van der Waals surface area contributed by atoms with Crippen molar-refractivity contribution >= 4 is 38.7 Å². The highest BCUT2D eigenvalue weighted by atomic mass is 79.9. The van der Waals surface area contributed by atoms with Crippen LogP contribution in [0.3, 0.4) is 0 Å². The Morgan fingerprint density at radius 1 is 0.862 bits per heavy atom. The van der Waals surface area contributed by atoms with E-state index in [1.165, 1.54) is 0 Å². The summed E-state index contributed by atoms with van der Waals surface area (Å²) >= 11 is 3.51. The van der Waals surface area contributed by atoms with Crippen LogP contribution < -0.4 is 5.32 Å². The molecule has 0 bridgehead atoms. The second-order valence-electron chi connectivity index (χ2n) is 6.48. The first-order valence-electron chi connectivity index (χ1n) is 9.12. The summed E-state index contributed by atoms with van der Waals surface area (Å²) in [7, 11) is 0. The van der Waals surface area contributed by atoms with E-state index in [2.05, 4.69) is 36.0 Å². The first-order chi connectivity index (χ1) is 14.3. The van der Waals surface area contributed by atoms with E-state index in [1.54, 1.807) is 0 Å². The van der Waals surface area contributed by atoms with Crippen molar-refractivity contribution in [3.63, 3.8) is 0 Å². The minimum Gasteiger partial charge on any atom is -0.406 e. The summed E-state index contributed by atoms with van der Waals surface area (Å²) in [5, 5.41) is 11.5. The first-order valence-corrected chi connectivity index (χ1v) is 9.92. The van der Waals surface area contributed by atoms with Gasteiger partial charge in [-0.05, 0) is 40.2 Å². The number of hydrogen-bond donors (Lipinski definition) is 1. The molecule has 5 rings (SSSR count). The Bertz CT molecular complexity index is 1280. The topological polar surface area (TPSA) is 68.8 Å². The van der Waals surface area contributed by atoms with Gasteiger partial charge in [0.1, 0.15) is 12.4 Å². The zero-order valence-corrected chi connectivity index (χ0v) is 16.9. The van der Waals surface area contributed by atoms with Crippen molar-refractivity contribution in [1.29, 1.82) is 0 Å². The minimum absolute atomic E-state index is 0.345. The molecular weight excluding hydrogens is 430 g/mol. The molecule has 3 aromatic carbocycles. The van der Waals surface area contributed by atoms with Crippen LogP contribution in [0.25, 0.3) is 22.4 Å². The molecule has 7 heteroatoms. The highest BCUT2D eigenvalue weighted by Gasteiger charge is 2.16. The summed E-state index contributed by atoms with van der Waals surface area (Å²) in [4.78, 5) is 4.82. The highest BCUT2D eigenvalue weighted by molar-refractivity contribution is 9.10. The number of nitrogens with one attached hydrogen (secondary N) is 1. The number of para-hydroxylation sites is 3. The molecule has 0 unspecified atom stereocenters. The number of fused-ring (bicyclic) bond motifs is 1. The number of rotatable bonds is 5. The van der Waals surface area contributed by atoms with Gasteiger partial charge in [0.15, 0.2) is 0 Å². The lowest BCUT2D eigenvalue weighted by molar-refractivity contribution is 0.495. The molecule has 0 spiro atoms. The SMILES string of the molecule is Brc1ccccc1Nc1nnc(Cn2c(-c3ccccc3)nc3ccccc32)o1. The number of imidazole rings is 1. The molecule has 0 radical (unpaired) electrons. The normalized spacial score (nSPS) is 11.1. The molecule has 0 aliphatic heterocycles. The average Bonchev–Trinajstić information content (AvgIpc) is 3.35. The van der Waals surface area contributed by atoms with Gasteiger partial charge in [0.2, 0.25) is 5.89 Å². The van der Waals surface area contributed by atoms with E-state index >= 15 is 0 Å². The Balaban J connectivity index is 1.49. The number of halogens is 1. The van der Waals surface area contributed by atoms with Crippen LogP contribution in [0.5, 0.6) is 0 Å². The van der Waals surface area contributed by atoms with Crippen LogP contribution in [0.15, 0.2) is 87.8 Å². The largest absolute Gasteiger partial charge is 0.406 e. The number of anilines is 2. The van der Waals surface area contributed by atoms with Gasteiger partial charge in [-0.1, -0.05) is 59.7 Å². The van der Waals surface area contributed by atoms with Gasteiger partial charge in [-0.15, -0.1) is 5.10 Å². The molecule has 142 valence electrons. The predicted molar refractivity (Wildman–Crippen MR) is 116 cm³/mol. The van der Waals surface area contributed by atoms with Gasteiger partial charge in [-0.2, -0.15) is 0 Å². The molecule has 2 aromatic heterocycles. The lowest BCUT2D eigenvalue weighted by Crippen LogP contribution is -2.02. The van der Waals surface area contributed by atoms with Gasteiger partial charge < -0.3 is 14.3 Å². The summed E-state index contributed by atoms with van der Waals surface area (Å²) < 4.78 is 8.87. The highest BCUT2D eigenvalue weighted by Crippen LogP contribution is 2.27. The lowest BCUT2D eigenvalue weighted by Gasteiger charge is -2.07. The molecule has 2 heterocycles. The average molecular weight is 446 g/mol. The van der Waals surface area contributed by atoms with Crippen LogP contribution in [0.4, 0.5) is 11.7 Å². The molecule has 6 nitrogen and oxygen atoms in total. The monoisotopic (exact) mass is 445 g/mol. The van der Waals surface area contributed by atoms with Crippen LogP contribution >= 0.6 is 15.9 Å². The molecule has 0 amide bonds. The van der Waals surface area contributed by atoms with Gasteiger partial charge in [0.05, 0.1) is 16.7 Å². The Morgan fingerprint density at radius 2 is 1.62 bits per heavy atom. The van der Waals surface area contributed by atoms with E-state index < -0.39 is 0 Å². The summed E-state index contributed by atoms with van der Waals surface area (Å²) in [6.07, 6.45) is 0. The quantitative estimate of drug-likeness (QED) is 0.379. The zero-order valence-electron chi connectivity index (χ0n) is 15.3. The number of aromatic nitrogens is 4. The summed E-state index contributed by atoms with van der Waals surface area (Å²) in [5.74, 6) is 1.37. The standard InChI is InChI=1S/C22H16BrN5O/c23-16-10-4-5-11-17(16)25-22-27-26-20(29-22)14-28-19-13-7-6-12-18(19)24-21(28)15-8-2-1-3-9-15/h1-13H,14H2,(H,25,27). The molecular formula is C22H16BrN5O. The second kappa shape index (κ2) is 7.52. The Morgan fingerprint density at radius 3 is 2.48 bits per heavy atom. The number of hydrogen-bond acceptors (Lipinski definition) is 5. The zero-order chi connectivity index (χ0) is 19.6. The number of benzene rings is 3. The Hall–Kier alpha value is -3.45. The van der Waals surface area contributed by atoms with Crippen LogP contribution in [0.2, 0.25) is 0 Å². The third kappa shape index (κ3) is 3.52. The predicted octanol–water partition coefficient (Wildman–Crippen LogP) is 5.64. The molecule has 0 saturated heterocycles. The van der Waals surface area contributed by atoms with Crippen molar-refractivity contribution in [2.45, 2.75) is 6.54 Å². The molecule has 29 heavy (non-hydrogen) atoms. The first kappa shape index (κ1) is 17.6. The Labute approximate surface area is 175 Å². The van der Waals surface area contributed by atoms with Crippen LogP contribution in [0, 0.1) is 0 Å². The number of nitrogens with zero attached hydrogens (tertiary/aromatic N) is 4. The molecule has 0 saturated carbocycles. The Kier molecular flexibility index (Phi) is 4.57. The van der Waals surface area contributed by atoms with Gasteiger partial charge in [0.25, 0.3) is 0 Å². The van der Waals surface area contributed by atoms with Gasteiger partial charge in [-0.25, -0.2) is 4.98 Å². The minimum atomic E-state index is 0.345. The van der Waals surface area contributed by atoms with Gasteiger partial charge in [-0.3, -0.25) is 0 Å². The third-order valence-electron chi connectivity index (χ3n) is 4.56. The maximum absolute atomic E-state index is 5.85. The van der Waals surface area contributed by atoms with E-state index in [9.17, 15) is 0 Å². The summed E-state index contributed by atoms with van der Waals surface area (Å²) in [6, 6.07) is 26.3. The molecule has 5 aromatic rings. The molecule has 0 atom stereocenters. The van der Waals surface area contributed by atoms with Gasteiger partial charge in [0, 0.05) is 10.0 Å². The van der Waals surface area contributed by atoms with Crippen molar-refractivity contribution in [1.82, 2.24) is 19.7 Å². The summed E-state index contributed by atoms with van der Waals surface area (Å²) in [6.45, 7) is 0.426. The van der Waals surface area contributed by atoms with Crippen molar-refractivity contribution in [3.05, 3.63) is 89.2 Å². The molecule has 1 N–H and O–H groups in total. The fourth-order valence-electron chi connectivity index (χ4n) is 3.22. The van der Waals surface area contributed by atoms with Crippen molar-refractivity contribution in [2.24, 2.45) is 0 Å². The van der Waals surface area contributed by atoms with Crippen molar-refractivity contribution < 1.29 is 4.42 Å². The second-order valence-corrected chi connectivity index (χ2v) is 7.34. The van der Waals surface area contributed by atoms with Crippen molar-refractivity contribution in [3.8, 4) is 11.4 Å². The summed E-state index contributed by atoms with van der Waals surface area (Å²) in [5.41, 5.74) is 3.85. The van der Waals surface area contributed by atoms with Crippen LogP contribution in [0.1, 0.15) is 5.89 Å². The lowest BCUT2D eigenvalue weighted by atomic mass is 10.2. The fourth-order valence-corrected chi connectivity index (χ4v) is 3.61.